The first-order chi connectivity index (χ1) is 14.5. The van der Waals surface area contributed by atoms with Crippen LogP contribution in [0, 0.1) is 16.0 Å². The number of hydrogen-bond donors (Lipinski definition) is 0. The molecule has 1 atom stereocenters. The summed E-state index contributed by atoms with van der Waals surface area (Å²) in [5.41, 5.74) is 2.05. The summed E-state index contributed by atoms with van der Waals surface area (Å²) in [7, 11) is 0. The van der Waals surface area contributed by atoms with Crippen LogP contribution in [0.2, 0.25) is 0 Å². The molecule has 0 saturated carbocycles. The third-order valence-electron chi connectivity index (χ3n) is 5.80. The average Bonchev–Trinajstić information content (AvgIpc) is 3.14. The Hall–Kier alpha value is -3.42. The molecule has 0 bridgehead atoms. The number of nitro benzene ring substituents is 1. The van der Waals surface area contributed by atoms with Crippen molar-refractivity contribution < 1.29 is 14.5 Å². The Morgan fingerprint density at radius 2 is 1.67 bits per heavy atom. The summed E-state index contributed by atoms with van der Waals surface area (Å²) in [6, 6.07) is 16.3. The maximum atomic E-state index is 13.0. The average molecular weight is 408 g/mol. The Morgan fingerprint density at radius 1 is 1.00 bits per heavy atom. The van der Waals surface area contributed by atoms with Crippen LogP contribution < -0.4 is 4.90 Å². The Bertz CT molecular complexity index is 924. The molecule has 156 valence electrons. The Kier molecular flexibility index (Phi) is 5.65. The molecule has 8 heteroatoms. The second-order valence-electron chi connectivity index (χ2n) is 7.75. The molecule has 0 aromatic heterocycles. The molecule has 2 aromatic rings. The highest BCUT2D eigenvalue weighted by Crippen LogP contribution is 2.24. The fourth-order valence-corrected chi connectivity index (χ4v) is 4.12. The number of nitro groups is 1. The molecule has 1 unspecified atom stereocenters. The first-order valence-corrected chi connectivity index (χ1v) is 10.1. The van der Waals surface area contributed by atoms with E-state index in [9.17, 15) is 19.7 Å². The van der Waals surface area contributed by atoms with E-state index in [0.717, 1.165) is 11.3 Å². The SMILES string of the molecule is O=C1CC(C(=O)N2CCN(c3ccc([N+](=O)[O-])cc3)CC2)CN1Cc1ccccc1. The van der Waals surface area contributed by atoms with Crippen molar-refractivity contribution in [2.75, 3.05) is 37.6 Å². The summed E-state index contributed by atoms with van der Waals surface area (Å²) < 4.78 is 0. The molecule has 2 aromatic carbocycles. The zero-order valence-corrected chi connectivity index (χ0v) is 16.6. The Morgan fingerprint density at radius 3 is 2.30 bits per heavy atom. The van der Waals surface area contributed by atoms with Crippen LogP contribution in [0.25, 0.3) is 0 Å². The van der Waals surface area contributed by atoms with Gasteiger partial charge in [-0.15, -0.1) is 0 Å². The zero-order valence-electron chi connectivity index (χ0n) is 16.6. The van der Waals surface area contributed by atoms with E-state index in [1.165, 1.54) is 12.1 Å². The molecule has 0 aliphatic carbocycles. The van der Waals surface area contributed by atoms with Crippen molar-refractivity contribution in [2.24, 2.45) is 5.92 Å². The molecule has 2 aliphatic heterocycles. The van der Waals surface area contributed by atoms with Crippen molar-refractivity contribution in [2.45, 2.75) is 13.0 Å². The molecule has 4 rings (SSSR count). The fraction of sp³-hybridized carbons (Fsp3) is 0.364. The largest absolute Gasteiger partial charge is 0.368 e. The van der Waals surface area contributed by atoms with E-state index in [1.807, 2.05) is 35.2 Å². The first kappa shape index (κ1) is 19.9. The van der Waals surface area contributed by atoms with E-state index in [4.69, 9.17) is 0 Å². The summed E-state index contributed by atoms with van der Waals surface area (Å²) in [6.45, 7) is 3.50. The summed E-state index contributed by atoms with van der Waals surface area (Å²) >= 11 is 0. The minimum absolute atomic E-state index is 0.0294. The highest BCUT2D eigenvalue weighted by Gasteiger charge is 2.37. The molecular weight excluding hydrogens is 384 g/mol. The van der Waals surface area contributed by atoms with Gasteiger partial charge in [0.05, 0.1) is 10.8 Å². The van der Waals surface area contributed by atoms with E-state index in [1.54, 1.807) is 17.0 Å². The van der Waals surface area contributed by atoms with Crippen LogP contribution in [0.1, 0.15) is 12.0 Å². The second kappa shape index (κ2) is 8.52. The number of carbonyl (C=O) groups is 2. The lowest BCUT2D eigenvalue weighted by Gasteiger charge is -2.37. The Balaban J connectivity index is 1.31. The maximum Gasteiger partial charge on any atom is 0.269 e. The van der Waals surface area contributed by atoms with Crippen LogP contribution in [-0.4, -0.2) is 59.3 Å². The van der Waals surface area contributed by atoms with Gasteiger partial charge in [0, 0.05) is 63.5 Å². The molecule has 30 heavy (non-hydrogen) atoms. The third kappa shape index (κ3) is 4.27. The van der Waals surface area contributed by atoms with E-state index in [2.05, 4.69) is 4.90 Å². The van der Waals surface area contributed by atoms with E-state index >= 15 is 0 Å². The summed E-state index contributed by atoms with van der Waals surface area (Å²) in [4.78, 5) is 41.5. The van der Waals surface area contributed by atoms with Gasteiger partial charge in [0.15, 0.2) is 0 Å². The molecular formula is C22H24N4O4. The number of likely N-dealkylation sites (tertiary alicyclic amines) is 1. The number of rotatable bonds is 5. The number of nitrogens with zero attached hydrogens (tertiary/aromatic N) is 4. The minimum atomic E-state index is -0.412. The van der Waals surface area contributed by atoms with Gasteiger partial charge in [-0.3, -0.25) is 19.7 Å². The minimum Gasteiger partial charge on any atom is -0.368 e. The van der Waals surface area contributed by atoms with Crippen molar-refractivity contribution in [3.05, 3.63) is 70.3 Å². The van der Waals surface area contributed by atoms with Crippen molar-refractivity contribution in [3.63, 3.8) is 0 Å². The van der Waals surface area contributed by atoms with Crippen molar-refractivity contribution >= 4 is 23.2 Å². The van der Waals surface area contributed by atoms with Gasteiger partial charge in [-0.1, -0.05) is 30.3 Å². The number of non-ortho nitro benzene ring substituents is 1. The van der Waals surface area contributed by atoms with Gasteiger partial charge in [-0.2, -0.15) is 0 Å². The van der Waals surface area contributed by atoms with Gasteiger partial charge < -0.3 is 14.7 Å². The quantitative estimate of drug-likeness (QED) is 0.560. The maximum absolute atomic E-state index is 13.0. The molecule has 2 fully saturated rings. The Labute approximate surface area is 174 Å². The lowest BCUT2D eigenvalue weighted by atomic mass is 10.1. The van der Waals surface area contributed by atoms with Gasteiger partial charge in [0.2, 0.25) is 11.8 Å². The van der Waals surface area contributed by atoms with Crippen LogP contribution in [0.4, 0.5) is 11.4 Å². The predicted molar refractivity (Wildman–Crippen MR) is 112 cm³/mol. The fourth-order valence-electron chi connectivity index (χ4n) is 4.12. The first-order valence-electron chi connectivity index (χ1n) is 10.1. The summed E-state index contributed by atoms with van der Waals surface area (Å²) in [6.07, 6.45) is 0.272. The molecule has 0 spiro atoms. The monoisotopic (exact) mass is 408 g/mol. The highest BCUT2D eigenvalue weighted by molar-refractivity contribution is 5.89. The van der Waals surface area contributed by atoms with Crippen LogP contribution in [0.5, 0.6) is 0 Å². The smallest absolute Gasteiger partial charge is 0.269 e. The molecule has 2 aliphatic rings. The van der Waals surface area contributed by atoms with Gasteiger partial charge in [-0.25, -0.2) is 0 Å². The highest BCUT2D eigenvalue weighted by atomic mass is 16.6. The molecule has 8 nitrogen and oxygen atoms in total. The molecule has 2 amide bonds. The van der Waals surface area contributed by atoms with E-state index in [0.29, 0.717) is 39.3 Å². The van der Waals surface area contributed by atoms with Crippen LogP contribution >= 0.6 is 0 Å². The predicted octanol–water partition coefficient (Wildman–Crippen LogP) is 2.29. The van der Waals surface area contributed by atoms with Crippen LogP contribution in [0.3, 0.4) is 0 Å². The van der Waals surface area contributed by atoms with Crippen LogP contribution in [-0.2, 0) is 16.1 Å². The van der Waals surface area contributed by atoms with Crippen LogP contribution in [0.15, 0.2) is 54.6 Å². The number of carbonyl (C=O) groups excluding carboxylic acids is 2. The number of anilines is 1. The van der Waals surface area contributed by atoms with Gasteiger partial charge in [0.1, 0.15) is 0 Å². The van der Waals surface area contributed by atoms with Gasteiger partial charge in [-0.05, 0) is 17.7 Å². The number of benzene rings is 2. The normalized spacial score (nSPS) is 19.3. The zero-order chi connectivity index (χ0) is 21.1. The number of amides is 2. The summed E-state index contributed by atoms with van der Waals surface area (Å²) in [5, 5.41) is 10.8. The number of hydrogen-bond acceptors (Lipinski definition) is 5. The number of piperazine rings is 1. The van der Waals surface area contributed by atoms with Gasteiger partial charge in [0.25, 0.3) is 5.69 Å². The topological polar surface area (TPSA) is 87.0 Å². The third-order valence-corrected chi connectivity index (χ3v) is 5.80. The molecule has 2 heterocycles. The lowest BCUT2D eigenvalue weighted by Crippen LogP contribution is -2.50. The van der Waals surface area contributed by atoms with E-state index in [-0.39, 0.29) is 29.8 Å². The molecule has 2 saturated heterocycles. The van der Waals surface area contributed by atoms with Crippen molar-refractivity contribution in [1.29, 1.82) is 0 Å². The van der Waals surface area contributed by atoms with E-state index < -0.39 is 4.92 Å². The van der Waals surface area contributed by atoms with Crippen molar-refractivity contribution in [3.8, 4) is 0 Å². The second-order valence-corrected chi connectivity index (χ2v) is 7.75. The molecule has 0 N–H and O–H groups in total. The van der Waals surface area contributed by atoms with Gasteiger partial charge >= 0.3 is 0 Å². The summed E-state index contributed by atoms with van der Waals surface area (Å²) in [5.74, 6) is -0.212. The molecule has 0 radical (unpaired) electrons. The lowest BCUT2D eigenvalue weighted by molar-refractivity contribution is -0.384. The standard InChI is InChI=1S/C22H24N4O4/c27-21-14-18(16-25(21)15-17-4-2-1-3-5-17)22(28)24-12-10-23(11-13-24)19-6-8-20(9-7-19)26(29)30/h1-9,18H,10-16H2. The van der Waals surface area contributed by atoms with Crippen molar-refractivity contribution in [1.82, 2.24) is 9.80 Å².